The van der Waals surface area contributed by atoms with E-state index in [9.17, 15) is 12.8 Å². The molecule has 1 aliphatic rings. The Hall–Kier alpha value is -2.86. The van der Waals surface area contributed by atoms with E-state index in [2.05, 4.69) is 10.2 Å². The van der Waals surface area contributed by atoms with Gasteiger partial charge in [-0.3, -0.25) is 0 Å². The molecule has 0 N–H and O–H groups in total. The number of anilines is 1. The van der Waals surface area contributed by atoms with Crippen molar-refractivity contribution in [2.75, 3.05) is 38.2 Å². The largest absolute Gasteiger partial charge is 0.377 e. The summed E-state index contributed by atoms with van der Waals surface area (Å²) in [5, 5.41) is 9.96. The van der Waals surface area contributed by atoms with Gasteiger partial charge in [0.1, 0.15) is 12.4 Å². The number of piperazine rings is 1. The number of halogens is 2. The molecule has 2 aromatic carbocycles. The molecule has 178 valence electrons. The number of fused-ring (bicyclic) bond motifs is 3. The Bertz CT molecular complexity index is 1500. The van der Waals surface area contributed by atoms with Crippen molar-refractivity contribution in [1.82, 2.24) is 23.9 Å². The van der Waals surface area contributed by atoms with Gasteiger partial charge in [-0.1, -0.05) is 17.7 Å². The molecule has 0 amide bonds. The minimum absolute atomic E-state index is 0.0499. The number of hydrogen-bond acceptors (Lipinski definition) is 7. The summed E-state index contributed by atoms with van der Waals surface area (Å²) in [6.07, 6.45) is 0. The minimum Gasteiger partial charge on any atom is -0.377 e. The van der Waals surface area contributed by atoms with Crippen molar-refractivity contribution in [1.29, 1.82) is 0 Å². The highest BCUT2D eigenvalue weighted by atomic mass is 35.5. The lowest BCUT2D eigenvalue weighted by atomic mass is 10.2. The van der Waals surface area contributed by atoms with Crippen LogP contribution in [0.4, 0.5) is 10.3 Å². The summed E-state index contributed by atoms with van der Waals surface area (Å²) < 4.78 is 48.7. The highest BCUT2D eigenvalue weighted by molar-refractivity contribution is 7.89. The fourth-order valence-corrected chi connectivity index (χ4v) is 5.69. The van der Waals surface area contributed by atoms with Gasteiger partial charge in [0.2, 0.25) is 16.0 Å². The Morgan fingerprint density at radius 1 is 1.09 bits per heavy atom. The van der Waals surface area contributed by atoms with Crippen LogP contribution in [-0.2, 0) is 21.4 Å². The summed E-state index contributed by atoms with van der Waals surface area (Å²) in [5.74, 6) is 0.627. The van der Waals surface area contributed by atoms with Crippen molar-refractivity contribution in [2.24, 2.45) is 0 Å². The number of aromatic nitrogens is 4. The summed E-state index contributed by atoms with van der Waals surface area (Å²) in [7, 11) is -2.24. The molecule has 1 saturated heterocycles. The molecular formula is C22H22ClFN6O3S. The lowest BCUT2D eigenvalue weighted by Gasteiger charge is -2.35. The van der Waals surface area contributed by atoms with Gasteiger partial charge in [0.25, 0.3) is 0 Å². The summed E-state index contributed by atoms with van der Waals surface area (Å²) in [6, 6.07) is 9.37. The number of aryl methyl sites for hydroxylation is 1. The Balaban J connectivity index is 1.49. The van der Waals surface area contributed by atoms with E-state index < -0.39 is 15.8 Å². The lowest BCUT2D eigenvalue weighted by molar-refractivity contribution is 0.177. The molecule has 3 heterocycles. The molecule has 0 unspecified atom stereocenters. The second kappa shape index (κ2) is 8.73. The zero-order valence-electron chi connectivity index (χ0n) is 18.6. The third-order valence-corrected chi connectivity index (χ3v) is 8.06. The topological polar surface area (TPSA) is 92.9 Å². The van der Waals surface area contributed by atoms with Crippen LogP contribution in [0.15, 0.2) is 41.3 Å². The fourth-order valence-electron chi connectivity index (χ4n) is 4.09. The van der Waals surface area contributed by atoms with Crippen LogP contribution >= 0.6 is 11.6 Å². The lowest BCUT2D eigenvalue weighted by Crippen LogP contribution is -2.49. The predicted molar refractivity (Wildman–Crippen MR) is 126 cm³/mol. The molecule has 0 aliphatic carbocycles. The van der Waals surface area contributed by atoms with Gasteiger partial charge in [-0.05, 0) is 42.8 Å². The monoisotopic (exact) mass is 504 g/mol. The first-order valence-electron chi connectivity index (χ1n) is 10.6. The Morgan fingerprint density at radius 3 is 2.56 bits per heavy atom. The van der Waals surface area contributed by atoms with Crippen LogP contribution in [0.25, 0.3) is 16.6 Å². The van der Waals surface area contributed by atoms with Crippen LogP contribution in [0.2, 0.25) is 5.02 Å². The van der Waals surface area contributed by atoms with E-state index in [1.807, 2.05) is 15.4 Å². The van der Waals surface area contributed by atoms with Crippen LogP contribution in [0.1, 0.15) is 11.4 Å². The number of ether oxygens (including phenoxy) is 1. The average Bonchev–Trinajstić information content (AvgIpc) is 3.24. The molecule has 0 spiro atoms. The maximum Gasteiger partial charge on any atom is 0.243 e. The molecule has 4 aromatic rings. The van der Waals surface area contributed by atoms with Crippen molar-refractivity contribution in [3.05, 3.63) is 58.6 Å². The van der Waals surface area contributed by atoms with Crippen LogP contribution in [0, 0.1) is 12.7 Å². The van der Waals surface area contributed by atoms with E-state index in [1.165, 1.54) is 16.4 Å². The summed E-state index contributed by atoms with van der Waals surface area (Å²) in [4.78, 5) is 6.75. The summed E-state index contributed by atoms with van der Waals surface area (Å²) in [6.45, 7) is 3.03. The fraction of sp³-hybridized carbons (Fsp3) is 0.318. The molecule has 1 aliphatic heterocycles. The van der Waals surface area contributed by atoms with Gasteiger partial charge >= 0.3 is 0 Å². The molecule has 0 saturated carbocycles. The van der Waals surface area contributed by atoms with E-state index in [1.54, 1.807) is 26.2 Å². The van der Waals surface area contributed by atoms with Crippen molar-refractivity contribution in [3.8, 4) is 0 Å². The van der Waals surface area contributed by atoms with Gasteiger partial charge in [-0.15, -0.1) is 10.2 Å². The molecule has 2 aromatic heterocycles. The standard InChI is InChI=1S/C22H22ClFN6O3S/c1-14-3-5-16(12-18(14)24)34(31,32)29-9-7-28(8-10-29)22-25-19-11-15(23)4-6-17(19)21-27-26-20(13-33-2)30(21)22/h3-6,11-12H,7-10,13H2,1-2H3. The van der Waals surface area contributed by atoms with E-state index in [-0.39, 0.29) is 24.6 Å². The summed E-state index contributed by atoms with van der Waals surface area (Å²) in [5.41, 5.74) is 1.68. The highest BCUT2D eigenvalue weighted by Gasteiger charge is 2.31. The molecule has 0 bridgehead atoms. The first-order valence-corrected chi connectivity index (χ1v) is 12.4. The van der Waals surface area contributed by atoms with Gasteiger partial charge in [0.05, 0.1) is 10.4 Å². The maximum absolute atomic E-state index is 14.0. The van der Waals surface area contributed by atoms with Crippen LogP contribution < -0.4 is 4.90 Å². The first-order chi connectivity index (χ1) is 16.3. The molecule has 1 fully saturated rings. The number of rotatable bonds is 5. The molecule has 0 atom stereocenters. The minimum atomic E-state index is -3.82. The van der Waals surface area contributed by atoms with Gasteiger partial charge in [0, 0.05) is 43.7 Å². The van der Waals surface area contributed by atoms with Gasteiger partial charge in [0.15, 0.2) is 11.5 Å². The number of nitrogens with zero attached hydrogens (tertiary/aromatic N) is 6. The molecule has 34 heavy (non-hydrogen) atoms. The van der Waals surface area contributed by atoms with E-state index in [4.69, 9.17) is 21.3 Å². The first kappa shape index (κ1) is 22.9. The molecule has 9 nitrogen and oxygen atoms in total. The van der Waals surface area contributed by atoms with Crippen molar-refractivity contribution >= 4 is 44.1 Å². The van der Waals surface area contributed by atoms with E-state index >= 15 is 0 Å². The molecule has 5 rings (SSSR count). The zero-order valence-corrected chi connectivity index (χ0v) is 20.1. The van der Waals surface area contributed by atoms with Crippen LogP contribution in [-0.4, -0.2) is 65.6 Å². The maximum atomic E-state index is 14.0. The van der Waals surface area contributed by atoms with Crippen molar-refractivity contribution in [2.45, 2.75) is 18.4 Å². The van der Waals surface area contributed by atoms with Crippen LogP contribution in [0.3, 0.4) is 0 Å². The Morgan fingerprint density at radius 2 is 1.85 bits per heavy atom. The number of hydrogen-bond donors (Lipinski definition) is 0. The van der Waals surface area contributed by atoms with Crippen molar-refractivity contribution < 1.29 is 17.5 Å². The van der Waals surface area contributed by atoms with E-state index in [0.29, 0.717) is 46.6 Å². The molecule has 0 radical (unpaired) electrons. The Kier molecular flexibility index (Phi) is 5.88. The van der Waals surface area contributed by atoms with Crippen LogP contribution in [0.5, 0.6) is 0 Å². The summed E-state index contributed by atoms with van der Waals surface area (Å²) >= 11 is 6.19. The normalized spacial score (nSPS) is 15.5. The number of benzene rings is 2. The zero-order chi connectivity index (χ0) is 24.0. The van der Waals surface area contributed by atoms with Gasteiger partial charge in [-0.2, -0.15) is 4.31 Å². The third-order valence-electron chi connectivity index (χ3n) is 5.93. The van der Waals surface area contributed by atoms with Crippen molar-refractivity contribution in [3.63, 3.8) is 0 Å². The molecule has 12 heteroatoms. The SMILES string of the molecule is COCc1nnc2c3ccc(Cl)cc3nc(N3CCN(S(=O)(=O)c4ccc(C)c(F)c4)CC3)n12. The highest BCUT2D eigenvalue weighted by Crippen LogP contribution is 2.28. The second-order valence-electron chi connectivity index (χ2n) is 8.08. The number of sulfonamides is 1. The quantitative estimate of drug-likeness (QED) is 0.412. The molecular weight excluding hydrogens is 483 g/mol. The smallest absolute Gasteiger partial charge is 0.243 e. The number of methoxy groups -OCH3 is 1. The Labute approximate surface area is 200 Å². The van der Waals surface area contributed by atoms with Gasteiger partial charge in [-0.25, -0.2) is 22.2 Å². The van der Waals surface area contributed by atoms with E-state index in [0.717, 1.165) is 11.5 Å². The third kappa shape index (κ3) is 3.88. The second-order valence-corrected chi connectivity index (χ2v) is 10.5. The predicted octanol–water partition coefficient (Wildman–Crippen LogP) is 3.04. The van der Waals surface area contributed by atoms with Gasteiger partial charge < -0.3 is 9.64 Å². The average molecular weight is 505 g/mol.